The minimum atomic E-state index is 0.183. The standard InChI is InChI=1S/C18H27N5O/c1-14(2)17-20-18(24-21-17)15(3)23-12-10-22(11-13-23)9-7-16-6-4-5-8-19-16/h4-6,8,14-15H,7,9-13H2,1-3H3/t15-/m0/s1. The Bertz CT molecular complexity index is 619. The van der Waals surface area contributed by atoms with E-state index in [1.165, 1.54) is 5.69 Å². The number of hydrogen-bond acceptors (Lipinski definition) is 6. The molecule has 2 aromatic rings. The van der Waals surface area contributed by atoms with Gasteiger partial charge >= 0.3 is 0 Å². The highest BCUT2D eigenvalue weighted by Gasteiger charge is 2.26. The van der Waals surface area contributed by atoms with Crippen molar-refractivity contribution >= 4 is 0 Å². The monoisotopic (exact) mass is 329 g/mol. The van der Waals surface area contributed by atoms with Crippen LogP contribution in [0.15, 0.2) is 28.9 Å². The third kappa shape index (κ3) is 4.19. The topological polar surface area (TPSA) is 58.3 Å². The highest BCUT2D eigenvalue weighted by Crippen LogP contribution is 2.21. The number of pyridine rings is 1. The lowest BCUT2D eigenvalue weighted by Crippen LogP contribution is -2.47. The van der Waals surface area contributed by atoms with Crippen LogP contribution in [-0.4, -0.2) is 57.6 Å². The average molecular weight is 329 g/mol. The van der Waals surface area contributed by atoms with E-state index in [0.29, 0.717) is 5.92 Å². The van der Waals surface area contributed by atoms with Crippen molar-refractivity contribution < 1.29 is 4.52 Å². The van der Waals surface area contributed by atoms with Crippen LogP contribution in [-0.2, 0) is 6.42 Å². The summed E-state index contributed by atoms with van der Waals surface area (Å²) in [6, 6.07) is 6.30. The van der Waals surface area contributed by atoms with Crippen LogP contribution < -0.4 is 0 Å². The smallest absolute Gasteiger partial charge is 0.243 e. The lowest BCUT2D eigenvalue weighted by atomic mass is 10.2. The zero-order valence-electron chi connectivity index (χ0n) is 14.9. The molecule has 0 bridgehead atoms. The Hall–Kier alpha value is -1.79. The zero-order chi connectivity index (χ0) is 16.9. The molecule has 6 heteroatoms. The summed E-state index contributed by atoms with van der Waals surface area (Å²) in [6.45, 7) is 11.6. The second-order valence-electron chi connectivity index (χ2n) is 6.77. The summed E-state index contributed by atoms with van der Waals surface area (Å²) in [5.41, 5.74) is 1.17. The van der Waals surface area contributed by atoms with Crippen LogP contribution in [0.5, 0.6) is 0 Å². The molecular weight excluding hydrogens is 302 g/mol. The maximum absolute atomic E-state index is 5.45. The summed E-state index contributed by atoms with van der Waals surface area (Å²) in [5.74, 6) is 1.84. The van der Waals surface area contributed by atoms with Gasteiger partial charge in [0.1, 0.15) is 0 Å². The Balaban J connectivity index is 1.47. The molecule has 2 aromatic heterocycles. The minimum absolute atomic E-state index is 0.183. The van der Waals surface area contributed by atoms with Gasteiger partial charge in [-0.1, -0.05) is 25.1 Å². The van der Waals surface area contributed by atoms with Crippen LogP contribution >= 0.6 is 0 Å². The highest BCUT2D eigenvalue weighted by atomic mass is 16.5. The molecule has 6 nitrogen and oxygen atoms in total. The van der Waals surface area contributed by atoms with Gasteiger partial charge < -0.3 is 9.42 Å². The largest absolute Gasteiger partial charge is 0.338 e. The molecule has 0 spiro atoms. The van der Waals surface area contributed by atoms with Gasteiger partial charge in [0.15, 0.2) is 5.82 Å². The fourth-order valence-electron chi connectivity index (χ4n) is 3.00. The van der Waals surface area contributed by atoms with Gasteiger partial charge in [-0.3, -0.25) is 9.88 Å². The highest BCUT2D eigenvalue weighted by molar-refractivity contribution is 5.04. The molecule has 24 heavy (non-hydrogen) atoms. The van der Waals surface area contributed by atoms with E-state index in [-0.39, 0.29) is 6.04 Å². The van der Waals surface area contributed by atoms with Crippen molar-refractivity contribution in [1.29, 1.82) is 0 Å². The molecule has 130 valence electrons. The van der Waals surface area contributed by atoms with Crippen LogP contribution in [0.25, 0.3) is 0 Å². The van der Waals surface area contributed by atoms with Crippen molar-refractivity contribution in [3.63, 3.8) is 0 Å². The second-order valence-corrected chi connectivity index (χ2v) is 6.77. The first-order chi connectivity index (χ1) is 11.6. The molecule has 1 saturated heterocycles. The summed E-state index contributed by atoms with van der Waals surface area (Å²) in [5, 5.41) is 4.08. The normalized spacial score (nSPS) is 18.2. The Morgan fingerprint density at radius 3 is 2.54 bits per heavy atom. The lowest BCUT2D eigenvalue weighted by molar-refractivity contribution is 0.0889. The van der Waals surface area contributed by atoms with E-state index in [4.69, 9.17) is 4.52 Å². The van der Waals surface area contributed by atoms with E-state index < -0.39 is 0 Å². The van der Waals surface area contributed by atoms with Crippen LogP contribution in [0.3, 0.4) is 0 Å². The lowest BCUT2D eigenvalue weighted by Gasteiger charge is -2.36. The number of piperazine rings is 1. The summed E-state index contributed by atoms with van der Waals surface area (Å²) in [7, 11) is 0. The maximum Gasteiger partial charge on any atom is 0.243 e. The second kappa shape index (κ2) is 7.85. The molecule has 1 aliphatic heterocycles. The molecule has 0 radical (unpaired) electrons. The number of hydrogen-bond donors (Lipinski definition) is 0. The summed E-state index contributed by atoms with van der Waals surface area (Å²) in [6.07, 6.45) is 2.88. The van der Waals surface area contributed by atoms with Crippen molar-refractivity contribution in [3.05, 3.63) is 41.8 Å². The third-order valence-corrected chi connectivity index (χ3v) is 4.70. The van der Waals surface area contributed by atoms with E-state index in [1.54, 1.807) is 0 Å². The number of aromatic nitrogens is 3. The van der Waals surface area contributed by atoms with Gasteiger partial charge in [-0.15, -0.1) is 0 Å². The fraction of sp³-hybridized carbons (Fsp3) is 0.611. The molecule has 1 fully saturated rings. The van der Waals surface area contributed by atoms with E-state index in [1.807, 2.05) is 12.3 Å². The molecule has 0 aliphatic carbocycles. The molecule has 0 unspecified atom stereocenters. The van der Waals surface area contributed by atoms with Crippen molar-refractivity contribution in [1.82, 2.24) is 24.9 Å². The van der Waals surface area contributed by atoms with Gasteiger partial charge in [0.2, 0.25) is 5.89 Å². The van der Waals surface area contributed by atoms with Gasteiger partial charge in [-0.05, 0) is 19.1 Å². The quantitative estimate of drug-likeness (QED) is 0.811. The van der Waals surface area contributed by atoms with Gasteiger partial charge in [-0.2, -0.15) is 4.98 Å². The van der Waals surface area contributed by atoms with Gasteiger partial charge in [0, 0.05) is 57.0 Å². The third-order valence-electron chi connectivity index (χ3n) is 4.70. The van der Waals surface area contributed by atoms with Crippen molar-refractivity contribution in [3.8, 4) is 0 Å². The Kier molecular flexibility index (Phi) is 5.58. The van der Waals surface area contributed by atoms with Gasteiger partial charge in [0.05, 0.1) is 6.04 Å². The minimum Gasteiger partial charge on any atom is -0.338 e. The van der Waals surface area contributed by atoms with E-state index in [9.17, 15) is 0 Å². The SMILES string of the molecule is CC(C)c1noc([C@H](C)N2CCN(CCc3ccccn3)CC2)n1. The molecular formula is C18H27N5O. The zero-order valence-corrected chi connectivity index (χ0v) is 14.9. The first-order valence-corrected chi connectivity index (χ1v) is 8.83. The molecule has 0 saturated carbocycles. The molecule has 0 amide bonds. The van der Waals surface area contributed by atoms with Gasteiger partial charge in [0.25, 0.3) is 0 Å². The van der Waals surface area contributed by atoms with Crippen molar-refractivity contribution in [2.75, 3.05) is 32.7 Å². The van der Waals surface area contributed by atoms with Gasteiger partial charge in [-0.25, -0.2) is 0 Å². The number of nitrogens with zero attached hydrogens (tertiary/aromatic N) is 5. The molecule has 1 aliphatic rings. The van der Waals surface area contributed by atoms with Crippen LogP contribution in [0.2, 0.25) is 0 Å². The van der Waals surface area contributed by atoms with E-state index in [0.717, 1.165) is 50.9 Å². The van der Waals surface area contributed by atoms with Crippen molar-refractivity contribution in [2.24, 2.45) is 0 Å². The van der Waals surface area contributed by atoms with E-state index >= 15 is 0 Å². The molecule has 0 aromatic carbocycles. The summed E-state index contributed by atoms with van der Waals surface area (Å²) in [4.78, 5) is 13.9. The fourth-order valence-corrected chi connectivity index (χ4v) is 3.00. The average Bonchev–Trinajstić information content (AvgIpc) is 3.11. The van der Waals surface area contributed by atoms with Crippen LogP contribution in [0.1, 0.15) is 50.1 Å². The van der Waals surface area contributed by atoms with Crippen LogP contribution in [0, 0.1) is 0 Å². The first-order valence-electron chi connectivity index (χ1n) is 8.83. The summed E-state index contributed by atoms with van der Waals surface area (Å²) >= 11 is 0. The Morgan fingerprint density at radius 2 is 1.92 bits per heavy atom. The maximum atomic E-state index is 5.45. The number of rotatable bonds is 6. The predicted molar refractivity (Wildman–Crippen MR) is 92.8 cm³/mol. The molecule has 1 atom stereocenters. The molecule has 3 rings (SSSR count). The van der Waals surface area contributed by atoms with E-state index in [2.05, 4.69) is 57.8 Å². The Morgan fingerprint density at radius 1 is 1.12 bits per heavy atom. The summed E-state index contributed by atoms with van der Waals surface area (Å²) < 4.78 is 5.45. The Labute approximate surface area is 143 Å². The van der Waals surface area contributed by atoms with Crippen molar-refractivity contribution in [2.45, 2.75) is 39.2 Å². The predicted octanol–water partition coefficient (Wildman–Crippen LogP) is 2.51. The molecule has 3 heterocycles. The first kappa shape index (κ1) is 17.0. The molecule has 0 N–H and O–H groups in total. The van der Waals surface area contributed by atoms with Crippen LogP contribution in [0.4, 0.5) is 0 Å².